The minimum absolute atomic E-state index is 0.0522. The normalized spacial score (nSPS) is 20.8. The van der Waals surface area contributed by atoms with Crippen LogP contribution in [0.1, 0.15) is 48.7 Å². The Bertz CT molecular complexity index is 1730. The van der Waals surface area contributed by atoms with Gasteiger partial charge in [-0.2, -0.15) is 0 Å². The number of aromatic nitrogens is 2. The predicted octanol–water partition coefficient (Wildman–Crippen LogP) is 4.12. The molecule has 236 valence electrons. The number of rotatable bonds is 9. The zero-order chi connectivity index (χ0) is 32.5. The molecule has 0 unspecified atom stereocenters. The van der Waals surface area contributed by atoms with Crippen LogP contribution in [0, 0.1) is 0 Å². The number of nitrogens with two attached hydrogens (primary N) is 1. The highest BCUT2D eigenvalue weighted by atomic mass is 35.5. The molecular formula is C29H25Cl2F3N6O5. The summed E-state index contributed by atoms with van der Waals surface area (Å²) in [6, 6.07) is 9.47. The summed E-state index contributed by atoms with van der Waals surface area (Å²) in [5.74, 6) is -2.80. The summed E-state index contributed by atoms with van der Waals surface area (Å²) in [4.78, 5) is 58.6. The molecule has 45 heavy (non-hydrogen) atoms. The Labute approximate surface area is 263 Å². The van der Waals surface area contributed by atoms with E-state index in [2.05, 4.69) is 20.4 Å². The third-order valence-corrected chi connectivity index (χ3v) is 8.69. The Balaban J connectivity index is 1.35. The lowest BCUT2D eigenvalue weighted by molar-refractivity contribution is -0.274. The molecule has 2 heterocycles. The first kappa shape index (κ1) is 30.7. The SMILES string of the molecule is C[C@@]1(Cc2ccc(OC(F)(F)F)cc2)C(=O)N(c2cc(Cl)cc(Cl)c2)c2ncc(C(=O)NC3(C(=O)NC4(C(N)=O)CC4)CC3)n21. The molecule has 2 aromatic carbocycles. The number of carbonyl (C=O) groups excluding carboxylic acids is 4. The number of nitrogens with zero attached hydrogens (tertiary/aromatic N) is 3. The third kappa shape index (κ3) is 5.56. The van der Waals surface area contributed by atoms with Gasteiger partial charge in [0.05, 0.1) is 11.9 Å². The van der Waals surface area contributed by atoms with Crippen LogP contribution < -0.4 is 26.0 Å². The number of benzene rings is 2. The van der Waals surface area contributed by atoms with E-state index in [1.54, 1.807) is 6.92 Å². The lowest BCUT2D eigenvalue weighted by atomic mass is 9.91. The van der Waals surface area contributed by atoms with Gasteiger partial charge in [-0.1, -0.05) is 35.3 Å². The maximum absolute atomic E-state index is 14.2. The summed E-state index contributed by atoms with van der Waals surface area (Å²) < 4.78 is 43.5. The number of halogens is 5. The van der Waals surface area contributed by atoms with Gasteiger partial charge >= 0.3 is 6.36 Å². The number of carbonyl (C=O) groups is 4. The van der Waals surface area contributed by atoms with E-state index in [0.29, 0.717) is 31.2 Å². The van der Waals surface area contributed by atoms with E-state index in [4.69, 9.17) is 28.9 Å². The Morgan fingerprint density at radius 3 is 2.13 bits per heavy atom. The Kier molecular flexibility index (Phi) is 7.08. The van der Waals surface area contributed by atoms with Crippen molar-refractivity contribution in [2.24, 2.45) is 5.73 Å². The summed E-state index contributed by atoms with van der Waals surface area (Å²) in [7, 11) is 0. The summed E-state index contributed by atoms with van der Waals surface area (Å²) in [6.07, 6.45) is -2.25. The topological polar surface area (TPSA) is 149 Å². The molecule has 1 aliphatic heterocycles. The van der Waals surface area contributed by atoms with Crippen LogP contribution in [-0.2, 0) is 26.3 Å². The average molecular weight is 665 g/mol. The summed E-state index contributed by atoms with van der Waals surface area (Å²) in [5.41, 5.74) is 2.19. The first-order valence-corrected chi connectivity index (χ1v) is 14.5. The fourth-order valence-electron chi connectivity index (χ4n) is 5.55. The van der Waals surface area contributed by atoms with Crippen molar-refractivity contribution in [3.05, 3.63) is 70.0 Å². The van der Waals surface area contributed by atoms with Crippen molar-refractivity contribution in [3.63, 3.8) is 0 Å². The zero-order valence-corrected chi connectivity index (χ0v) is 25.0. The predicted molar refractivity (Wildman–Crippen MR) is 155 cm³/mol. The highest BCUT2D eigenvalue weighted by Gasteiger charge is 2.58. The van der Waals surface area contributed by atoms with Gasteiger partial charge in [0.15, 0.2) is 0 Å². The molecule has 3 aromatic rings. The molecular weight excluding hydrogens is 640 g/mol. The third-order valence-electron chi connectivity index (χ3n) is 8.26. The fraction of sp³-hybridized carbons (Fsp3) is 0.345. The second kappa shape index (κ2) is 10.4. The second-order valence-corrected chi connectivity index (χ2v) is 12.5. The number of alkyl halides is 3. The summed E-state index contributed by atoms with van der Waals surface area (Å²) in [5, 5.41) is 5.89. The quantitative estimate of drug-likeness (QED) is 0.313. The van der Waals surface area contributed by atoms with E-state index in [9.17, 15) is 32.3 Å². The van der Waals surface area contributed by atoms with Crippen molar-refractivity contribution in [1.82, 2.24) is 20.2 Å². The number of anilines is 2. The molecule has 2 fully saturated rings. The van der Waals surface area contributed by atoms with Gasteiger partial charge in [0.2, 0.25) is 17.8 Å². The molecule has 4 N–H and O–H groups in total. The van der Waals surface area contributed by atoms with Crippen LogP contribution in [0.15, 0.2) is 48.7 Å². The Morgan fingerprint density at radius 1 is 1.00 bits per heavy atom. The Hall–Kier alpha value is -4.30. The number of fused-ring (bicyclic) bond motifs is 1. The van der Waals surface area contributed by atoms with Crippen molar-refractivity contribution < 1.29 is 37.1 Å². The van der Waals surface area contributed by atoms with E-state index in [1.165, 1.54) is 46.0 Å². The molecule has 2 saturated carbocycles. The molecule has 0 saturated heterocycles. The molecule has 0 radical (unpaired) electrons. The first-order chi connectivity index (χ1) is 21.1. The molecule has 3 aliphatic rings. The fourth-order valence-corrected chi connectivity index (χ4v) is 6.06. The van der Waals surface area contributed by atoms with Crippen molar-refractivity contribution in [3.8, 4) is 5.75 Å². The van der Waals surface area contributed by atoms with Gasteiger partial charge in [0.25, 0.3) is 11.8 Å². The molecule has 1 aromatic heterocycles. The van der Waals surface area contributed by atoms with Crippen LogP contribution in [0.25, 0.3) is 0 Å². The van der Waals surface area contributed by atoms with Gasteiger partial charge in [0, 0.05) is 16.5 Å². The lowest BCUT2D eigenvalue weighted by Gasteiger charge is -2.27. The van der Waals surface area contributed by atoms with Gasteiger partial charge in [-0.05, 0) is 68.5 Å². The van der Waals surface area contributed by atoms with Crippen molar-refractivity contribution in [1.29, 1.82) is 0 Å². The number of hydrogen-bond donors (Lipinski definition) is 3. The van der Waals surface area contributed by atoms with Crippen LogP contribution in [0.2, 0.25) is 10.0 Å². The second-order valence-electron chi connectivity index (χ2n) is 11.6. The molecule has 4 amide bonds. The number of primary amides is 1. The maximum Gasteiger partial charge on any atom is 0.573 e. The van der Waals surface area contributed by atoms with Crippen LogP contribution in [0.5, 0.6) is 5.75 Å². The van der Waals surface area contributed by atoms with Crippen LogP contribution in [0.3, 0.4) is 0 Å². The number of amides is 4. The van der Waals surface area contributed by atoms with Crippen LogP contribution in [-0.4, -0.2) is 50.6 Å². The van der Waals surface area contributed by atoms with Crippen molar-refractivity contribution in [2.75, 3.05) is 4.90 Å². The highest BCUT2D eigenvalue weighted by molar-refractivity contribution is 6.35. The molecule has 6 rings (SSSR count). The summed E-state index contributed by atoms with van der Waals surface area (Å²) >= 11 is 12.5. The van der Waals surface area contributed by atoms with Crippen molar-refractivity contribution >= 4 is 58.5 Å². The molecule has 1 atom stereocenters. The maximum atomic E-state index is 14.2. The van der Waals surface area contributed by atoms with E-state index in [0.717, 1.165) is 12.1 Å². The minimum atomic E-state index is -4.88. The van der Waals surface area contributed by atoms with Gasteiger partial charge in [-0.3, -0.25) is 23.7 Å². The van der Waals surface area contributed by atoms with Gasteiger partial charge in [0.1, 0.15) is 28.1 Å². The minimum Gasteiger partial charge on any atom is -0.406 e. The summed E-state index contributed by atoms with van der Waals surface area (Å²) in [6.45, 7) is 1.56. The largest absolute Gasteiger partial charge is 0.573 e. The van der Waals surface area contributed by atoms with E-state index in [1.807, 2.05) is 0 Å². The molecule has 0 spiro atoms. The van der Waals surface area contributed by atoms with Gasteiger partial charge in [-0.25, -0.2) is 9.88 Å². The molecule has 2 aliphatic carbocycles. The molecule has 0 bridgehead atoms. The smallest absolute Gasteiger partial charge is 0.406 e. The van der Waals surface area contributed by atoms with Crippen LogP contribution in [0.4, 0.5) is 24.8 Å². The average Bonchev–Trinajstić information content (AvgIpc) is 3.84. The molecule has 11 nitrogen and oxygen atoms in total. The number of imidazole rings is 1. The number of hydrogen-bond acceptors (Lipinski definition) is 6. The highest BCUT2D eigenvalue weighted by Crippen LogP contribution is 2.45. The standard InChI is InChI=1S/C29H25Cl2F3N6O5/c1-26(13-15-2-4-19(5-3-15)45-29(32,33)34)24(44)39(18-11-16(30)10-17(31)12-18)25-36-14-20(40(25)26)21(41)37-28(8-9-28)23(43)38-27(6-7-27)22(35)42/h2-5,10-12,14H,6-9,13H2,1H3,(H2,35,42)(H,37,41)(H,38,43)/t26-/m1/s1. The Morgan fingerprint density at radius 2 is 1.60 bits per heavy atom. The van der Waals surface area contributed by atoms with Crippen LogP contribution >= 0.6 is 23.2 Å². The van der Waals surface area contributed by atoms with E-state index < -0.39 is 52.4 Å². The number of nitrogens with one attached hydrogen (secondary N) is 2. The van der Waals surface area contributed by atoms with E-state index in [-0.39, 0.29) is 33.8 Å². The lowest BCUT2D eigenvalue weighted by Crippen LogP contribution is -2.56. The first-order valence-electron chi connectivity index (χ1n) is 13.7. The number of ether oxygens (including phenoxy) is 1. The van der Waals surface area contributed by atoms with Gasteiger partial charge < -0.3 is 21.1 Å². The monoisotopic (exact) mass is 664 g/mol. The van der Waals surface area contributed by atoms with E-state index >= 15 is 0 Å². The zero-order valence-electron chi connectivity index (χ0n) is 23.5. The molecule has 16 heteroatoms. The van der Waals surface area contributed by atoms with Crippen molar-refractivity contribution in [2.45, 2.75) is 62.0 Å². The van der Waals surface area contributed by atoms with Gasteiger partial charge in [-0.15, -0.1) is 13.2 Å².